The third-order valence-corrected chi connectivity index (χ3v) is 4.52. The Kier molecular flexibility index (Phi) is 5.71. The molecule has 0 radical (unpaired) electrons. The van der Waals surface area contributed by atoms with Crippen LogP contribution in [0.15, 0.2) is 30.6 Å². The quantitative estimate of drug-likeness (QED) is 0.405. The summed E-state index contributed by atoms with van der Waals surface area (Å²) in [5.41, 5.74) is 2.04. The van der Waals surface area contributed by atoms with Crippen LogP contribution in [-0.4, -0.2) is 9.97 Å². The first kappa shape index (κ1) is 17.4. The monoisotopic (exact) mass is 382 g/mol. The lowest BCUT2D eigenvalue weighted by atomic mass is 10.1. The molecule has 114 valence electrons. The van der Waals surface area contributed by atoms with Crippen LogP contribution in [0.1, 0.15) is 11.1 Å². The summed E-state index contributed by atoms with van der Waals surface area (Å²) < 4.78 is 0. The second-order valence-electron chi connectivity index (χ2n) is 4.15. The van der Waals surface area contributed by atoms with E-state index in [1.807, 2.05) is 24.3 Å². The lowest BCUT2D eigenvalue weighted by molar-refractivity contribution is 1.34. The summed E-state index contributed by atoms with van der Waals surface area (Å²) in [5, 5.41) is 17.2. The van der Waals surface area contributed by atoms with Crippen LogP contribution >= 0.6 is 46.4 Å². The fourth-order valence-corrected chi connectivity index (χ4v) is 2.78. The van der Waals surface area contributed by atoms with Crippen molar-refractivity contribution in [3.63, 3.8) is 0 Å². The lowest BCUT2D eigenvalue weighted by Gasteiger charge is -2.05. The van der Waals surface area contributed by atoms with E-state index in [0.717, 1.165) is 11.0 Å². The molecule has 0 spiro atoms. The first-order valence-electron chi connectivity index (χ1n) is 6.05. The van der Waals surface area contributed by atoms with E-state index in [4.69, 9.17) is 56.9 Å². The van der Waals surface area contributed by atoms with Crippen molar-refractivity contribution in [3.8, 4) is 12.1 Å². The number of aromatic amines is 1. The fourth-order valence-electron chi connectivity index (χ4n) is 1.71. The Morgan fingerprint density at radius 1 is 0.826 bits per heavy atom. The van der Waals surface area contributed by atoms with E-state index >= 15 is 0 Å². The molecule has 0 amide bonds. The van der Waals surface area contributed by atoms with Gasteiger partial charge in [-0.15, -0.1) is 0 Å². The van der Waals surface area contributed by atoms with Gasteiger partial charge in [0.1, 0.15) is 12.1 Å². The Bertz CT molecular complexity index is 879. The highest BCUT2D eigenvalue weighted by Crippen LogP contribution is 2.40. The molecular formula is C15H6Cl4N4. The highest BCUT2D eigenvalue weighted by Gasteiger charge is 2.19. The number of para-hydroxylation sites is 2. The molecule has 3 rings (SSSR count). The zero-order valence-electron chi connectivity index (χ0n) is 11.2. The number of halogens is 4. The zero-order valence-corrected chi connectivity index (χ0v) is 14.3. The minimum Gasteiger partial charge on any atom is -0.345 e. The molecule has 1 heterocycles. The standard InChI is InChI=1S/C8Cl4N2.C7H6N2/c9-5-3(1-13)6(10)8(12)7(11)4(5)2-14;1-2-4-7-6(3-1)8-5-9-7/h;1-5H,(H,8,9). The van der Waals surface area contributed by atoms with E-state index < -0.39 is 0 Å². The van der Waals surface area contributed by atoms with E-state index in [1.165, 1.54) is 0 Å². The van der Waals surface area contributed by atoms with E-state index in [-0.39, 0.29) is 31.2 Å². The van der Waals surface area contributed by atoms with Gasteiger partial charge in [0.25, 0.3) is 0 Å². The number of rotatable bonds is 0. The molecule has 0 fully saturated rings. The van der Waals surface area contributed by atoms with Crippen LogP contribution in [0.2, 0.25) is 20.1 Å². The molecular weight excluding hydrogens is 378 g/mol. The maximum absolute atomic E-state index is 8.70. The maximum atomic E-state index is 8.70. The predicted octanol–water partition coefficient (Wildman–Crippen LogP) is 5.61. The highest BCUT2D eigenvalue weighted by molar-refractivity contribution is 6.50. The van der Waals surface area contributed by atoms with Gasteiger partial charge in [-0.3, -0.25) is 0 Å². The number of nitrogens with zero attached hydrogens (tertiary/aromatic N) is 3. The van der Waals surface area contributed by atoms with Gasteiger partial charge in [0, 0.05) is 0 Å². The van der Waals surface area contributed by atoms with Crippen molar-refractivity contribution in [1.29, 1.82) is 10.5 Å². The Balaban J connectivity index is 0.000000182. The van der Waals surface area contributed by atoms with Crippen LogP contribution in [0, 0.1) is 22.7 Å². The summed E-state index contributed by atoms with van der Waals surface area (Å²) in [6, 6.07) is 11.4. The lowest BCUT2D eigenvalue weighted by Crippen LogP contribution is -1.89. The van der Waals surface area contributed by atoms with Crippen LogP contribution in [0.3, 0.4) is 0 Å². The molecule has 0 atom stereocenters. The van der Waals surface area contributed by atoms with Crippen LogP contribution in [-0.2, 0) is 0 Å². The van der Waals surface area contributed by atoms with Gasteiger partial charge in [-0.2, -0.15) is 10.5 Å². The van der Waals surface area contributed by atoms with E-state index in [9.17, 15) is 0 Å². The molecule has 1 N–H and O–H groups in total. The Labute approximate surface area is 151 Å². The second-order valence-corrected chi connectivity index (χ2v) is 5.66. The average molecular weight is 384 g/mol. The highest BCUT2D eigenvalue weighted by atomic mass is 35.5. The molecule has 23 heavy (non-hydrogen) atoms. The Hall–Kier alpha value is -1.95. The first-order valence-corrected chi connectivity index (χ1v) is 7.56. The molecule has 4 nitrogen and oxygen atoms in total. The third-order valence-electron chi connectivity index (χ3n) is 2.81. The van der Waals surface area contributed by atoms with Crippen molar-refractivity contribution in [2.24, 2.45) is 0 Å². The summed E-state index contributed by atoms with van der Waals surface area (Å²) >= 11 is 22.8. The van der Waals surface area contributed by atoms with E-state index in [2.05, 4.69) is 9.97 Å². The van der Waals surface area contributed by atoms with Gasteiger partial charge in [-0.25, -0.2) is 4.98 Å². The van der Waals surface area contributed by atoms with Gasteiger partial charge in [-0.05, 0) is 12.1 Å². The van der Waals surface area contributed by atoms with Gasteiger partial charge in [0.05, 0.1) is 48.6 Å². The largest absolute Gasteiger partial charge is 0.345 e. The zero-order chi connectivity index (χ0) is 17.0. The molecule has 0 bridgehead atoms. The van der Waals surface area contributed by atoms with Crippen LogP contribution in [0.5, 0.6) is 0 Å². The summed E-state index contributed by atoms with van der Waals surface area (Å²) in [5.74, 6) is 0. The molecule has 0 aliphatic rings. The van der Waals surface area contributed by atoms with Crippen molar-refractivity contribution >= 4 is 57.4 Å². The van der Waals surface area contributed by atoms with Gasteiger partial charge in [0.2, 0.25) is 0 Å². The number of benzene rings is 2. The molecule has 8 heteroatoms. The van der Waals surface area contributed by atoms with Crippen molar-refractivity contribution in [3.05, 3.63) is 61.8 Å². The van der Waals surface area contributed by atoms with Crippen molar-refractivity contribution in [2.75, 3.05) is 0 Å². The molecule has 3 aromatic rings. The molecule has 0 saturated heterocycles. The van der Waals surface area contributed by atoms with Gasteiger partial charge >= 0.3 is 0 Å². The summed E-state index contributed by atoms with van der Waals surface area (Å²) in [4.78, 5) is 7.07. The van der Waals surface area contributed by atoms with E-state index in [1.54, 1.807) is 18.5 Å². The number of imidazole rings is 1. The molecule has 1 aromatic heterocycles. The van der Waals surface area contributed by atoms with Crippen molar-refractivity contribution in [2.45, 2.75) is 0 Å². The number of fused-ring (bicyclic) bond motifs is 1. The molecule has 0 unspecified atom stereocenters. The van der Waals surface area contributed by atoms with Gasteiger partial charge < -0.3 is 4.98 Å². The summed E-state index contributed by atoms with van der Waals surface area (Å²) in [7, 11) is 0. The smallest absolute Gasteiger partial charge is 0.102 e. The SMILES string of the molecule is N#Cc1c(Cl)c(Cl)c(Cl)c(C#N)c1Cl.c1ccc2[nH]cnc2c1. The van der Waals surface area contributed by atoms with Crippen molar-refractivity contribution < 1.29 is 0 Å². The second kappa shape index (κ2) is 7.55. The third kappa shape index (κ3) is 3.52. The van der Waals surface area contributed by atoms with Crippen LogP contribution < -0.4 is 0 Å². The summed E-state index contributed by atoms with van der Waals surface area (Å²) in [6.07, 6.45) is 1.70. The van der Waals surface area contributed by atoms with Crippen molar-refractivity contribution in [1.82, 2.24) is 9.97 Å². The average Bonchev–Trinajstić information content (AvgIpc) is 3.03. The molecule has 0 saturated carbocycles. The predicted molar refractivity (Wildman–Crippen MR) is 92.0 cm³/mol. The minimum atomic E-state index is -0.0746. The maximum Gasteiger partial charge on any atom is 0.102 e. The Morgan fingerprint density at radius 2 is 1.39 bits per heavy atom. The van der Waals surface area contributed by atoms with Gasteiger partial charge in [0.15, 0.2) is 0 Å². The number of hydrogen-bond donors (Lipinski definition) is 1. The number of nitrogens with one attached hydrogen (secondary N) is 1. The number of nitriles is 2. The van der Waals surface area contributed by atoms with Crippen LogP contribution in [0.4, 0.5) is 0 Å². The first-order chi connectivity index (χ1) is 11.0. The molecule has 0 aliphatic carbocycles. The number of hydrogen-bond acceptors (Lipinski definition) is 3. The topological polar surface area (TPSA) is 76.3 Å². The number of aromatic nitrogens is 2. The molecule has 2 aromatic carbocycles. The molecule has 0 aliphatic heterocycles. The summed E-state index contributed by atoms with van der Waals surface area (Å²) in [6.45, 7) is 0. The van der Waals surface area contributed by atoms with Crippen LogP contribution in [0.25, 0.3) is 11.0 Å². The Morgan fingerprint density at radius 3 is 1.91 bits per heavy atom. The normalized spacial score (nSPS) is 9.65. The fraction of sp³-hybridized carbons (Fsp3) is 0. The van der Waals surface area contributed by atoms with Gasteiger partial charge in [-0.1, -0.05) is 58.5 Å². The van der Waals surface area contributed by atoms with E-state index in [0.29, 0.717) is 0 Å². The minimum absolute atomic E-state index is 0.0363. The number of H-pyrrole nitrogens is 1.